The van der Waals surface area contributed by atoms with Gasteiger partial charge in [-0.15, -0.1) is 0 Å². The van der Waals surface area contributed by atoms with E-state index in [1.54, 1.807) is 19.1 Å². The molecule has 1 heterocycles. The molecule has 1 aliphatic heterocycles. The predicted octanol–water partition coefficient (Wildman–Crippen LogP) is 2.84. The molecule has 19 heavy (non-hydrogen) atoms. The van der Waals surface area contributed by atoms with Gasteiger partial charge in [-0.1, -0.05) is 29.3 Å². The van der Waals surface area contributed by atoms with E-state index in [1.165, 1.54) is 0 Å². The zero-order valence-electron chi connectivity index (χ0n) is 10.5. The lowest BCUT2D eigenvalue weighted by Crippen LogP contribution is -2.46. The maximum Gasteiger partial charge on any atom is 0.320 e. The molecular formula is C13H15Cl2NO3. The molecule has 1 aromatic rings. The highest BCUT2D eigenvalue weighted by Crippen LogP contribution is 2.29. The van der Waals surface area contributed by atoms with Crippen molar-refractivity contribution in [3.05, 3.63) is 33.8 Å². The molecule has 6 heteroatoms. The van der Waals surface area contributed by atoms with Crippen LogP contribution < -0.4 is 0 Å². The molecule has 0 unspecified atom stereocenters. The number of rotatable bonds is 3. The average Bonchev–Trinajstić information content (AvgIpc) is 2.41. The Morgan fingerprint density at radius 2 is 2.21 bits per heavy atom. The maximum atomic E-state index is 11.0. The van der Waals surface area contributed by atoms with Crippen LogP contribution in [-0.2, 0) is 9.53 Å². The van der Waals surface area contributed by atoms with Crippen LogP contribution in [0.4, 0.5) is 0 Å². The first-order valence-corrected chi connectivity index (χ1v) is 6.78. The highest BCUT2D eigenvalue weighted by molar-refractivity contribution is 6.42. The highest BCUT2D eigenvalue weighted by atomic mass is 35.5. The molecule has 0 aromatic heterocycles. The second-order valence-electron chi connectivity index (χ2n) is 4.54. The number of ether oxygens (including phenoxy) is 1. The van der Waals surface area contributed by atoms with Crippen LogP contribution in [0, 0.1) is 0 Å². The maximum absolute atomic E-state index is 11.0. The number of halogens is 2. The van der Waals surface area contributed by atoms with Gasteiger partial charge < -0.3 is 9.84 Å². The highest BCUT2D eigenvalue weighted by Gasteiger charge is 2.28. The summed E-state index contributed by atoms with van der Waals surface area (Å²) in [5.74, 6) is -0.824. The number of hydrogen-bond donors (Lipinski definition) is 1. The molecule has 0 saturated carbocycles. The summed E-state index contributed by atoms with van der Waals surface area (Å²) in [4.78, 5) is 12.9. The molecule has 1 saturated heterocycles. The minimum absolute atomic E-state index is 0.176. The third-order valence-electron chi connectivity index (χ3n) is 3.32. The van der Waals surface area contributed by atoms with E-state index in [9.17, 15) is 4.79 Å². The van der Waals surface area contributed by atoms with Gasteiger partial charge in [0.05, 0.1) is 22.8 Å². The Morgan fingerprint density at radius 1 is 1.47 bits per heavy atom. The van der Waals surface area contributed by atoms with Crippen molar-refractivity contribution < 1.29 is 14.6 Å². The molecule has 4 nitrogen and oxygen atoms in total. The Labute approximate surface area is 121 Å². The van der Waals surface area contributed by atoms with E-state index in [-0.39, 0.29) is 6.10 Å². The molecule has 104 valence electrons. The number of carbonyl (C=O) groups is 1. The number of benzene rings is 1. The lowest BCUT2D eigenvalue weighted by Gasteiger charge is -2.35. The summed E-state index contributed by atoms with van der Waals surface area (Å²) >= 11 is 11.9. The first-order valence-electron chi connectivity index (χ1n) is 6.02. The zero-order chi connectivity index (χ0) is 14.0. The summed E-state index contributed by atoms with van der Waals surface area (Å²) in [6, 6.07) is 4.83. The SMILES string of the molecule is C[C@@H](C(=O)O)N1CCO[C@@H](c2ccc(Cl)c(Cl)c2)C1. The Bertz CT molecular complexity index is 481. The number of aliphatic carboxylic acids is 1. The molecule has 1 aromatic carbocycles. The molecular weight excluding hydrogens is 289 g/mol. The summed E-state index contributed by atoms with van der Waals surface area (Å²) in [5, 5.41) is 10.0. The van der Waals surface area contributed by atoms with Crippen molar-refractivity contribution in [3.63, 3.8) is 0 Å². The molecule has 0 radical (unpaired) electrons. The fraction of sp³-hybridized carbons (Fsp3) is 0.462. The monoisotopic (exact) mass is 303 g/mol. The molecule has 0 bridgehead atoms. The molecule has 1 aliphatic rings. The van der Waals surface area contributed by atoms with Gasteiger partial charge in [0.1, 0.15) is 6.04 Å². The smallest absolute Gasteiger partial charge is 0.320 e. The Kier molecular flexibility index (Phi) is 4.68. The van der Waals surface area contributed by atoms with Crippen molar-refractivity contribution in [1.82, 2.24) is 4.90 Å². The molecule has 2 rings (SSSR count). The minimum Gasteiger partial charge on any atom is -0.480 e. The predicted molar refractivity (Wildman–Crippen MR) is 73.8 cm³/mol. The summed E-state index contributed by atoms with van der Waals surface area (Å²) in [7, 11) is 0. The van der Waals surface area contributed by atoms with Crippen LogP contribution in [-0.4, -0.2) is 41.7 Å². The summed E-state index contributed by atoms with van der Waals surface area (Å²) < 4.78 is 5.68. The van der Waals surface area contributed by atoms with Gasteiger partial charge >= 0.3 is 5.97 Å². The fourth-order valence-electron chi connectivity index (χ4n) is 2.09. The van der Waals surface area contributed by atoms with Crippen molar-refractivity contribution in [2.75, 3.05) is 19.7 Å². The van der Waals surface area contributed by atoms with Gasteiger partial charge in [-0.25, -0.2) is 0 Å². The number of carboxylic acids is 1. The Balaban J connectivity index is 2.12. The number of carboxylic acid groups (broad SMARTS) is 1. The van der Waals surface area contributed by atoms with Gasteiger partial charge in [-0.05, 0) is 24.6 Å². The lowest BCUT2D eigenvalue weighted by molar-refractivity contribution is -0.145. The zero-order valence-corrected chi connectivity index (χ0v) is 12.0. The van der Waals surface area contributed by atoms with E-state index in [0.29, 0.717) is 29.7 Å². The molecule has 0 aliphatic carbocycles. The van der Waals surface area contributed by atoms with E-state index >= 15 is 0 Å². The molecule has 1 N–H and O–H groups in total. The van der Waals surface area contributed by atoms with Crippen LogP contribution in [0.25, 0.3) is 0 Å². The molecule has 2 atom stereocenters. The van der Waals surface area contributed by atoms with E-state index in [4.69, 9.17) is 33.0 Å². The second kappa shape index (κ2) is 6.09. The summed E-state index contributed by atoms with van der Waals surface area (Å²) in [5.41, 5.74) is 0.914. The van der Waals surface area contributed by atoms with Gasteiger partial charge in [0.15, 0.2) is 0 Å². The van der Waals surface area contributed by atoms with Gasteiger partial charge in [-0.2, -0.15) is 0 Å². The normalized spacial score (nSPS) is 22.2. The van der Waals surface area contributed by atoms with Crippen molar-refractivity contribution in [2.45, 2.75) is 19.1 Å². The number of nitrogens with zero attached hydrogens (tertiary/aromatic N) is 1. The fourth-order valence-corrected chi connectivity index (χ4v) is 2.40. The number of morpholine rings is 1. The van der Waals surface area contributed by atoms with Crippen LogP contribution in [0.2, 0.25) is 10.0 Å². The van der Waals surface area contributed by atoms with Gasteiger partial charge in [0.25, 0.3) is 0 Å². The van der Waals surface area contributed by atoms with Gasteiger partial charge in [0.2, 0.25) is 0 Å². The first kappa shape index (κ1) is 14.6. The van der Waals surface area contributed by atoms with E-state index in [0.717, 1.165) is 5.56 Å². The lowest BCUT2D eigenvalue weighted by atomic mass is 10.1. The van der Waals surface area contributed by atoms with E-state index in [1.807, 2.05) is 11.0 Å². The largest absolute Gasteiger partial charge is 0.480 e. The van der Waals surface area contributed by atoms with Crippen LogP contribution in [0.15, 0.2) is 18.2 Å². The van der Waals surface area contributed by atoms with Crippen molar-refractivity contribution in [2.24, 2.45) is 0 Å². The van der Waals surface area contributed by atoms with Crippen molar-refractivity contribution >= 4 is 29.2 Å². The van der Waals surface area contributed by atoms with Gasteiger partial charge in [0, 0.05) is 13.1 Å². The Morgan fingerprint density at radius 3 is 2.84 bits per heavy atom. The third kappa shape index (κ3) is 3.39. The standard InChI is InChI=1S/C13H15Cl2NO3/c1-8(13(17)18)16-4-5-19-12(7-16)9-2-3-10(14)11(15)6-9/h2-3,6,8,12H,4-5,7H2,1H3,(H,17,18)/t8-,12+/m0/s1. The van der Waals surface area contributed by atoms with Gasteiger partial charge in [-0.3, -0.25) is 9.69 Å². The Hall–Kier alpha value is -0.810. The average molecular weight is 304 g/mol. The van der Waals surface area contributed by atoms with Crippen LogP contribution in [0.1, 0.15) is 18.6 Å². The molecule has 0 amide bonds. The van der Waals surface area contributed by atoms with E-state index < -0.39 is 12.0 Å². The molecule has 1 fully saturated rings. The van der Waals surface area contributed by atoms with Crippen LogP contribution in [0.5, 0.6) is 0 Å². The minimum atomic E-state index is -0.824. The topological polar surface area (TPSA) is 49.8 Å². The van der Waals surface area contributed by atoms with E-state index in [2.05, 4.69) is 0 Å². The third-order valence-corrected chi connectivity index (χ3v) is 4.06. The molecule has 0 spiro atoms. The second-order valence-corrected chi connectivity index (χ2v) is 5.36. The summed E-state index contributed by atoms with van der Waals surface area (Å²) in [6.07, 6.45) is -0.176. The van der Waals surface area contributed by atoms with Crippen molar-refractivity contribution in [3.8, 4) is 0 Å². The van der Waals surface area contributed by atoms with Crippen LogP contribution in [0.3, 0.4) is 0 Å². The first-order chi connectivity index (χ1) is 8.99. The summed E-state index contributed by atoms with van der Waals surface area (Å²) in [6.45, 7) is 3.33. The number of hydrogen-bond acceptors (Lipinski definition) is 3. The van der Waals surface area contributed by atoms with Crippen LogP contribution >= 0.6 is 23.2 Å². The quantitative estimate of drug-likeness (QED) is 0.933. The van der Waals surface area contributed by atoms with Crippen molar-refractivity contribution in [1.29, 1.82) is 0 Å².